The zero-order chi connectivity index (χ0) is 21.9. The fraction of sp³-hybridized carbons (Fsp3) is 0.217. The van der Waals surface area contributed by atoms with E-state index >= 15 is 0 Å². The van der Waals surface area contributed by atoms with Gasteiger partial charge in [-0.05, 0) is 55.3 Å². The summed E-state index contributed by atoms with van der Waals surface area (Å²) >= 11 is 1.34. The molecule has 156 valence electrons. The molecule has 0 saturated carbocycles. The van der Waals surface area contributed by atoms with Crippen LogP contribution in [0.5, 0.6) is 0 Å². The van der Waals surface area contributed by atoms with Crippen LogP contribution in [0.3, 0.4) is 0 Å². The van der Waals surface area contributed by atoms with Crippen LogP contribution in [0.1, 0.15) is 35.3 Å². The normalized spacial score (nSPS) is 16.2. The van der Waals surface area contributed by atoms with Gasteiger partial charge in [0.05, 0.1) is 17.5 Å². The Balaban J connectivity index is 1.37. The summed E-state index contributed by atoms with van der Waals surface area (Å²) in [6.07, 6.45) is 0.282. The zero-order valence-electron chi connectivity index (χ0n) is 17.3. The highest BCUT2D eigenvalue weighted by Crippen LogP contribution is 2.42. The minimum absolute atomic E-state index is 0.0668. The van der Waals surface area contributed by atoms with Crippen LogP contribution in [0.25, 0.3) is 11.3 Å². The summed E-state index contributed by atoms with van der Waals surface area (Å²) in [6.45, 7) is 3.85. The van der Waals surface area contributed by atoms with Gasteiger partial charge in [-0.3, -0.25) is 19.7 Å². The van der Waals surface area contributed by atoms with Crippen molar-refractivity contribution in [1.29, 1.82) is 0 Å². The molecule has 1 aromatic heterocycles. The Hall–Kier alpha value is -3.52. The zero-order valence-corrected chi connectivity index (χ0v) is 18.1. The number of benzene rings is 2. The first kappa shape index (κ1) is 19.4. The molecule has 0 fully saturated rings. The number of fused-ring (bicyclic) bond motifs is 2. The highest BCUT2D eigenvalue weighted by Gasteiger charge is 2.42. The van der Waals surface area contributed by atoms with Gasteiger partial charge >= 0.3 is 0 Å². The smallest absolute Gasteiger partial charge is 0.257 e. The molecular formula is C23H20N4O3S. The van der Waals surface area contributed by atoms with E-state index in [1.165, 1.54) is 11.3 Å². The standard InChI is InChI=1S/C23H20N4O3S/c1-23(2)15-9-12(5-7-18(15)27(3)21(23)30)17-11-31-22(25-17)26-20(29)13-4-6-16-14(8-13)10-19(28)24-16/h4-9,11H,10H2,1-3H3,(H,24,28)(H,25,26,29). The molecule has 0 bridgehead atoms. The number of hydrogen-bond acceptors (Lipinski definition) is 5. The van der Waals surface area contributed by atoms with E-state index in [2.05, 4.69) is 15.6 Å². The number of amides is 3. The Morgan fingerprint density at radius 1 is 1.19 bits per heavy atom. The van der Waals surface area contributed by atoms with Gasteiger partial charge in [-0.15, -0.1) is 11.3 Å². The largest absolute Gasteiger partial charge is 0.326 e. The predicted molar refractivity (Wildman–Crippen MR) is 121 cm³/mol. The van der Waals surface area contributed by atoms with E-state index in [1.54, 1.807) is 30.1 Å². The molecule has 0 saturated heterocycles. The number of nitrogens with one attached hydrogen (secondary N) is 2. The molecule has 5 rings (SSSR count). The molecule has 2 N–H and O–H groups in total. The maximum absolute atomic E-state index is 12.7. The summed E-state index contributed by atoms with van der Waals surface area (Å²) in [7, 11) is 1.79. The Morgan fingerprint density at radius 2 is 2.00 bits per heavy atom. The van der Waals surface area contributed by atoms with E-state index in [-0.39, 0.29) is 24.1 Å². The molecule has 31 heavy (non-hydrogen) atoms. The van der Waals surface area contributed by atoms with Gasteiger partial charge in [-0.25, -0.2) is 4.98 Å². The number of likely N-dealkylation sites (N-methyl/N-ethyl adjacent to an activating group) is 1. The third kappa shape index (κ3) is 3.11. The van der Waals surface area contributed by atoms with Crippen molar-refractivity contribution in [1.82, 2.24) is 4.98 Å². The van der Waals surface area contributed by atoms with Gasteiger partial charge in [0.1, 0.15) is 0 Å². The topological polar surface area (TPSA) is 91.4 Å². The summed E-state index contributed by atoms with van der Waals surface area (Å²) in [6, 6.07) is 11.0. The van der Waals surface area contributed by atoms with E-state index < -0.39 is 5.41 Å². The van der Waals surface area contributed by atoms with Crippen LogP contribution in [0.15, 0.2) is 41.8 Å². The summed E-state index contributed by atoms with van der Waals surface area (Å²) < 4.78 is 0. The summed E-state index contributed by atoms with van der Waals surface area (Å²) in [5, 5.41) is 7.97. The molecular weight excluding hydrogens is 412 g/mol. The third-order valence-corrected chi connectivity index (χ3v) is 6.64. The average Bonchev–Trinajstić information content (AvgIpc) is 3.40. The quantitative estimate of drug-likeness (QED) is 0.658. The number of nitrogens with zero attached hydrogens (tertiary/aromatic N) is 2. The Morgan fingerprint density at radius 3 is 2.81 bits per heavy atom. The van der Waals surface area contributed by atoms with Crippen LogP contribution in [0.4, 0.5) is 16.5 Å². The van der Waals surface area contributed by atoms with Crippen molar-refractivity contribution in [3.05, 3.63) is 58.5 Å². The maximum Gasteiger partial charge on any atom is 0.257 e. The minimum atomic E-state index is -0.586. The molecule has 8 heteroatoms. The second kappa shape index (κ2) is 6.75. The van der Waals surface area contributed by atoms with Crippen molar-refractivity contribution >= 4 is 45.6 Å². The maximum atomic E-state index is 12.7. The molecule has 2 aliphatic heterocycles. The molecule has 0 atom stereocenters. The lowest BCUT2D eigenvalue weighted by molar-refractivity contribution is -0.121. The van der Waals surface area contributed by atoms with Gasteiger partial charge in [0.2, 0.25) is 11.8 Å². The lowest BCUT2D eigenvalue weighted by atomic mass is 9.85. The molecule has 7 nitrogen and oxygen atoms in total. The van der Waals surface area contributed by atoms with Gasteiger partial charge in [0, 0.05) is 34.9 Å². The Labute approximate surface area is 183 Å². The van der Waals surface area contributed by atoms with Gasteiger partial charge < -0.3 is 10.2 Å². The van der Waals surface area contributed by atoms with Crippen LogP contribution in [0.2, 0.25) is 0 Å². The van der Waals surface area contributed by atoms with Crippen molar-refractivity contribution in [2.45, 2.75) is 25.7 Å². The highest BCUT2D eigenvalue weighted by atomic mass is 32.1. The fourth-order valence-corrected chi connectivity index (χ4v) is 4.85. The summed E-state index contributed by atoms with van der Waals surface area (Å²) in [5.74, 6) is -0.273. The van der Waals surface area contributed by atoms with Crippen molar-refractivity contribution in [3.8, 4) is 11.3 Å². The van der Waals surface area contributed by atoms with Crippen molar-refractivity contribution in [2.75, 3.05) is 22.6 Å². The van der Waals surface area contributed by atoms with E-state index in [0.29, 0.717) is 10.7 Å². The number of aromatic nitrogens is 1. The molecule has 3 amide bonds. The van der Waals surface area contributed by atoms with E-state index in [4.69, 9.17) is 0 Å². The second-order valence-corrected chi connectivity index (χ2v) is 9.17. The molecule has 0 unspecified atom stereocenters. The second-order valence-electron chi connectivity index (χ2n) is 8.31. The van der Waals surface area contributed by atoms with Gasteiger partial charge in [-0.2, -0.15) is 0 Å². The molecule has 2 aromatic carbocycles. The molecule has 0 aliphatic carbocycles. The first-order chi connectivity index (χ1) is 14.7. The summed E-state index contributed by atoms with van der Waals surface area (Å²) in [4.78, 5) is 42.9. The van der Waals surface area contributed by atoms with Crippen molar-refractivity contribution in [3.63, 3.8) is 0 Å². The van der Waals surface area contributed by atoms with Gasteiger partial charge in [0.25, 0.3) is 5.91 Å². The van der Waals surface area contributed by atoms with Crippen LogP contribution in [-0.4, -0.2) is 29.8 Å². The lowest BCUT2D eigenvalue weighted by Crippen LogP contribution is -2.33. The number of rotatable bonds is 3. The SMILES string of the molecule is CN1C(=O)C(C)(C)c2cc(-c3csc(NC(=O)c4ccc5c(c4)CC(=O)N5)n3)ccc21. The number of carbonyl (C=O) groups excluding carboxylic acids is 3. The molecule has 3 aromatic rings. The first-order valence-corrected chi connectivity index (χ1v) is 10.7. The van der Waals surface area contributed by atoms with E-state index in [1.807, 2.05) is 37.4 Å². The fourth-order valence-electron chi connectivity index (χ4n) is 4.14. The molecule has 0 radical (unpaired) electrons. The summed E-state index contributed by atoms with van der Waals surface area (Å²) in [5.41, 5.74) is 4.98. The number of thiazole rings is 1. The average molecular weight is 433 g/mol. The molecule has 2 aliphatic rings. The van der Waals surface area contributed by atoms with E-state index in [0.717, 1.165) is 33.8 Å². The third-order valence-electron chi connectivity index (χ3n) is 5.88. The van der Waals surface area contributed by atoms with Crippen LogP contribution < -0.4 is 15.5 Å². The number of hydrogen-bond donors (Lipinski definition) is 2. The van der Waals surface area contributed by atoms with Gasteiger partial charge in [0.15, 0.2) is 5.13 Å². The van der Waals surface area contributed by atoms with Crippen LogP contribution in [0, 0.1) is 0 Å². The minimum Gasteiger partial charge on any atom is -0.326 e. The highest BCUT2D eigenvalue weighted by molar-refractivity contribution is 7.14. The van der Waals surface area contributed by atoms with E-state index in [9.17, 15) is 14.4 Å². The first-order valence-electron chi connectivity index (χ1n) is 9.87. The lowest BCUT2D eigenvalue weighted by Gasteiger charge is -2.16. The van der Waals surface area contributed by atoms with Crippen molar-refractivity contribution in [2.24, 2.45) is 0 Å². The van der Waals surface area contributed by atoms with Crippen LogP contribution >= 0.6 is 11.3 Å². The number of anilines is 3. The van der Waals surface area contributed by atoms with Gasteiger partial charge in [-0.1, -0.05) is 6.07 Å². The Bertz CT molecular complexity index is 1280. The van der Waals surface area contributed by atoms with Crippen molar-refractivity contribution < 1.29 is 14.4 Å². The number of carbonyl (C=O) groups is 3. The molecule has 0 spiro atoms. The monoisotopic (exact) mass is 432 g/mol. The Kier molecular flexibility index (Phi) is 4.23. The predicted octanol–water partition coefficient (Wildman–Crippen LogP) is 3.81. The van der Waals surface area contributed by atoms with Crippen LogP contribution in [-0.2, 0) is 21.4 Å². The molecule has 3 heterocycles.